The molecular weight excluding hydrogens is 320 g/mol. The van der Waals surface area contributed by atoms with E-state index in [9.17, 15) is 4.79 Å². The summed E-state index contributed by atoms with van der Waals surface area (Å²) < 4.78 is 2.67. The van der Waals surface area contributed by atoms with Crippen LogP contribution in [0.15, 0.2) is 35.6 Å². The predicted molar refractivity (Wildman–Crippen MR) is 89.8 cm³/mol. The zero-order chi connectivity index (χ0) is 15.7. The number of halogens is 1. The van der Waals surface area contributed by atoms with E-state index >= 15 is 0 Å². The zero-order valence-corrected chi connectivity index (χ0v) is 13.6. The summed E-state index contributed by atoms with van der Waals surface area (Å²) in [7, 11) is 1.83. The molecule has 0 unspecified atom stereocenters. The number of hydrogen-bond acceptors (Lipinski definition) is 4. The number of thiophene rings is 1. The van der Waals surface area contributed by atoms with Crippen LogP contribution in [0.2, 0.25) is 5.02 Å². The monoisotopic (exact) mass is 332 g/mol. The third-order valence-electron chi connectivity index (χ3n) is 3.16. The first-order valence-electron chi connectivity index (χ1n) is 6.57. The van der Waals surface area contributed by atoms with Crippen molar-refractivity contribution in [1.82, 2.24) is 15.2 Å². The Labute approximate surface area is 136 Å². The van der Waals surface area contributed by atoms with Crippen LogP contribution in [-0.2, 0) is 7.05 Å². The summed E-state index contributed by atoms with van der Waals surface area (Å²) in [6.45, 7) is 1.88. The van der Waals surface area contributed by atoms with Crippen LogP contribution in [0, 0.1) is 6.92 Å². The number of benzene rings is 1. The Morgan fingerprint density at radius 2 is 2.23 bits per heavy atom. The van der Waals surface area contributed by atoms with Gasteiger partial charge in [-0.25, -0.2) is 5.43 Å². The standard InChI is InChI=1S/C15H13ClN4OS/c1-9-10(8-20(2)19-9)7-17-18-15(21)14-13(16)11-5-3-4-6-12(11)22-14/h3-8H,1-2H3,(H,18,21)/b17-7-. The summed E-state index contributed by atoms with van der Waals surface area (Å²) >= 11 is 7.61. The van der Waals surface area contributed by atoms with Gasteiger partial charge in [-0.1, -0.05) is 29.8 Å². The van der Waals surface area contributed by atoms with Crippen molar-refractivity contribution in [2.75, 3.05) is 0 Å². The molecule has 0 spiro atoms. The minimum absolute atomic E-state index is 0.316. The van der Waals surface area contributed by atoms with Crippen molar-refractivity contribution in [3.05, 3.63) is 51.6 Å². The van der Waals surface area contributed by atoms with Gasteiger partial charge < -0.3 is 0 Å². The second-order valence-corrected chi connectivity index (χ2v) is 6.21. The van der Waals surface area contributed by atoms with Gasteiger partial charge in [-0.3, -0.25) is 9.48 Å². The summed E-state index contributed by atoms with van der Waals surface area (Å²) in [4.78, 5) is 12.7. The summed E-state index contributed by atoms with van der Waals surface area (Å²) in [5, 5.41) is 9.52. The van der Waals surface area contributed by atoms with Crippen LogP contribution < -0.4 is 5.43 Å². The molecule has 1 amide bonds. The Kier molecular flexibility index (Phi) is 3.96. The fraction of sp³-hybridized carbons (Fsp3) is 0.133. The second kappa shape index (κ2) is 5.90. The fourth-order valence-corrected chi connectivity index (χ4v) is 3.52. The lowest BCUT2D eigenvalue weighted by atomic mass is 10.2. The number of aromatic nitrogens is 2. The molecular formula is C15H13ClN4OS. The predicted octanol–water partition coefficient (Wildman–Crippen LogP) is 3.36. The van der Waals surface area contributed by atoms with Crippen molar-refractivity contribution in [2.24, 2.45) is 12.1 Å². The van der Waals surface area contributed by atoms with Gasteiger partial charge >= 0.3 is 0 Å². The van der Waals surface area contributed by atoms with Crippen LogP contribution in [-0.4, -0.2) is 21.9 Å². The number of carbonyl (C=O) groups is 1. The molecule has 1 aromatic carbocycles. The van der Waals surface area contributed by atoms with E-state index in [-0.39, 0.29) is 5.91 Å². The lowest BCUT2D eigenvalue weighted by Crippen LogP contribution is -2.16. The number of nitrogens with one attached hydrogen (secondary N) is 1. The van der Waals surface area contributed by atoms with Crippen molar-refractivity contribution in [3.63, 3.8) is 0 Å². The Bertz CT molecular complexity index is 881. The average molecular weight is 333 g/mol. The molecule has 22 heavy (non-hydrogen) atoms. The Morgan fingerprint density at radius 1 is 1.45 bits per heavy atom. The van der Waals surface area contributed by atoms with Gasteiger partial charge in [-0.2, -0.15) is 10.2 Å². The van der Waals surface area contributed by atoms with E-state index < -0.39 is 0 Å². The molecule has 0 aliphatic carbocycles. The molecule has 0 radical (unpaired) electrons. The fourth-order valence-electron chi connectivity index (χ4n) is 2.12. The van der Waals surface area contributed by atoms with Gasteiger partial charge in [0.15, 0.2) is 0 Å². The summed E-state index contributed by atoms with van der Waals surface area (Å²) in [6.07, 6.45) is 3.40. The molecule has 0 bridgehead atoms. The van der Waals surface area contributed by atoms with E-state index in [2.05, 4.69) is 15.6 Å². The topological polar surface area (TPSA) is 59.3 Å². The summed E-state index contributed by atoms with van der Waals surface area (Å²) in [5.74, 6) is -0.316. The molecule has 2 heterocycles. The Balaban J connectivity index is 1.79. The van der Waals surface area contributed by atoms with E-state index in [4.69, 9.17) is 11.6 Å². The molecule has 3 rings (SSSR count). The Morgan fingerprint density at radius 3 is 2.91 bits per heavy atom. The highest BCUT2D eigenvalue weighted by Gasteiger charge is 2.16. The third-order valence-corrected chi connectivity index (χ3v) is 4.84. The van der Waals surface area contributed by atoms with Gasteiger partial charge in [0.1, 0.15) is 4.88 Å². The molecule has 0 fully saturated rings. The van der Waals surface area contributed by atoms with E-state index in [0.717, 1.165) is 21.3 Å². The van der Waals surface area contributed by atoms with Gasteiger partial charge in [-0.15, -0.1) is 11.3 Å². The van der Waals surface area contributed by atoms with Crippen LogP contribution >= 0.6 is 22.9 Å². The maximum Gasteiger partial charge on any atom is 0.283 e. The molecule has 0 saturated heterocycles. The molecule has 0 aliphatic heterocycles. The number of carbonyl (C=O) groups excluding carboxylic acids is 1. The maximum atomic E-state index is 12.2. The van der Waals surface area contributed by atoms with E-state index in [1.807, 2.05) is 44.4 Å². The zero-order valence-electron chi connectivity index (χ0n) is 12.0. The van der Waals surface area contributed by atoms with E-state index in [1.165, 1.54) is 11.3 Å². The molecule has 112 valence electrons. The minimum Gasteiger partial charge on any atom is -0.275 e. The van der Waals surface area contributed by atoms with Crippen molar-refractivity contribution in [2.45, 2.75) is 6.92 Å². The van der Waals surface area contributed by atoms with Gasteiger partial charge in [0.2, 0.25) is 0 Å². The lowest BCUT2D eigenvalue weighted by Gasteiger charge is -1.96. The van der Waals surface area contributed by atoms with Crippen LogP contribution in [0.5, 0.6) is 0 Å². The highest BCUT2D eigenvalue weighted by Crippen LogP contribution is 2.34. The summed E-state index contributed by atoms with van der Waals surface area (Å²) in [6, 6.07) is 7.64. The first-order chi connectivity index (χ1) is 10.6. The molecule has 3 aromatic rings. The number of hydrazone groups is 1. The first kappa shape index (κ1) is 14.7. The quantitative estimate of drug-likeness (QED) is 0.590. The maximum absolute atomic E-state index is 12.2. The average Bonchev–Trinajstić information content (AvgIpc) is 2.99. The van der Waals surface area contributed by atoms with Gasteiger partial charge in [0.25, 0.3) is 5.91 Å². The molecule has 0 aliphatic rings. The van der Waals surface area contributed by atoms with E-state index in [1.54, 1.807) is 10.9 Å². The van der Waals surface area contributed by atoms with Crippen molar-refractivity contribution in [3.8, 4) is 0 Å². The number of hydrogen-bond donors (Lipinski definition) is 1. The molecule has 1 N–H and O–H groups in total. The molecule has 7 heteroatoms. The SMILES string of the molecule is Cc1nn(C)cc1/C=N\NC(=O)c1sc2ccccc2c1Cl. The molecule has 0 saturated carbocycles. The highest BCUT2D eigenvalue weighted by atomic mass is 35.5. The number of fused-ring (bicyclic) bond motifs is 1. The highest BCUT2D eigenvalue weighted by molar-refractivity contribution is 7.21. The van der Waals surface area contributed by atoms with Crippen molar-refractivity contribution >= 4 is 45.1 Å². The van der Waals surface area contributed by atoms with Gasteiger partial charge in [0, 0.05) is 28.9 Å². The van der Waals surface area contributed by atoms with Gasteiger partial charge in [0.05, 0.1) is 16.9 Å². The number of aryl methyl sites for hydroxylation is 2. The van der Waals surface area contributed by atoms with E-state index in [0.29, 0.717) is 9.90 Å². The van der Waals surface area contributed by atoms with Crippen LogP contribution in [0.1, 0.15) is 20.9 Å². The number of amides is 1. The summed E-state index contributed by atoms with van der Waals surface area (Å²) in [5.41, 5.74) is 4.20. The van der Waals surface area contributed by atoms with Crippen molar-refractivity contribution in [1.29, 1.82) is 0 Å². The van der Waals surface area contributed by atoms with Crippen LogP contribution in [0.3, 0.4) is 0 Å². The second-order valence-electron chi connectivity index (χ2n) is 4.78. The molecule has 5 nitrogen and oxygen atoms in total. The van der Waals surface area contributed by atoms with Gasteiger partial charge in [-0.05, 0) is 13.0 Å². The minimum atomic E-state index is -0.316. The van der Waals surface area contributed by atoms with Crippen LogP contribution in [0.4, 0.5) is 0 Å². The largest absolute Gasteiger partial charge is 0.283 e. The smallest absolute Gasteiger partial charge is 0.275 e. The van der Waals surface area contributed by atoms with Crippen LogP contribution in [0.25, 0.3) is 10.1 Å². The Hall–Kier alpha value is -2.18. The lowest BCUT2D eigenvalue weighted by molar-refractivity contribution is 0.0959. The molecule has 2 aromatic heterocycles. The normalized spacial score (nSPS) is 11.4. The molecule has 0 atom stereocenters. The number of rotatable bonds is 3. The van der Waals surface area contributed by atoms with Crippen molar-refractivity contribution < 1.29 is 4.79 Å². The third kappa shape index (κ3) is 2.75. The first-order valence-corrected chi connectivity index (χ1v) is 7.76. The number of nitrogens with zero attached hydrogens (tertiary/aromatic N) is 3.